The van der Waals surface area contributed by atoms with Crippen molar-refractivity contribution in [2.24, 2.45) is 0 Å². The van der Waals surface area contributed by atoms with E-state index < -0.39 is 4.92 Å². The Balaban J connectivity index is 1.60. The lowest BCUT2D eigenvalue weighted by molar-refractivity contribution is -0.384. The Hall–Kier alpha value is -3.57. The molecule has 0 bridgehead atoms. The highest BCUT2D eigenvalue weighted by Gasteiger charge is 2.11. The molecule has 4 aromatic rings. The number of hydrogen-bond donors (Lipinski definition) is 1. The average Bonchev–Trinajstić information content (AvgIpc) is 2.77. The summed E-state index contributed by atoms with van der Waals surface area (Å²) in [6.45, 7) is 0.875. The fourth-order valence-corrected chi connectivity index (χ4v) is 3.49. The van der Waals surface area contributed by atoms with Gasteiger partial charge in [-0.3, -0.25) is 10.1 Å². The zero-order valence-electron chi connectivity index (χ0n) is 16.0. The second kappa shape index (κ2) is 8.84. The highest BCUT2D eigenvalue weighted by Crippen LogP contribution is 2.30. The lowest BCUT2D eigenvalue weighted by atomic mass is 10.0. The van der Waals surface area contributed by atoms with Gasteiger partial charge in [0.25, 0.3) is 5.69 Å². The van der Waals surface area contributed by atoms with Crippen LogP contribution in [0.25, 0.3) is 10.8 Å². The van der Waals surface area contributed by atoms with Crippen LogP contribution in [0.15, 0.2) is 84.9 Å². The maximum atomic E-state index is 10.9. The molecule has 0 atom stereocenters. The molecule has 4 rings (SSSR count). The lowest BCUT2D eigenvalue weighted by Crippen LogP contribution is -2.05. The first-order chi connectivity index (χ1) is 14.6. The second-order valence-corrected chi connectivity index (χ2v) is 7.21. The van der Waals surface area contributed by atoms with Crippen molar-refractivity contribution < 1.29 is 9.66 Å². The Bertz CT molecular complexity index is 1190. The SMILES string of the molecule is O=[N+]([O-])c1ccc(NCc2c(OCc3ccccc3Cl)ccc3ccccc23)cc1. The van der Waals surface area contributed by atoms with Crippen LogP contribution in [0.5, 0.6) is 5.75 Å². The molecule has 0 fully saturated rings. The molecule has 5 nitrogen and oxygen atoms in total. The van der Waals surface area contributed by atoms with Crippen LogP contribution in [-0.2, 0) is 13.2 Å². The fraction of sp³-hybridized carbons (Fsp3) is 0.0833. The largest absolute Gasteiger partial charge is 0.488 e. The van der Waals surface area contributed by atoms with Gasteiger partial charge in [0, 0.05) is 40.5 Å². The number of anilines is 1. The third kappa shape index (κ3) is 4.36. The van der Waals surface area contributed by atoms with Crippen molar-refractivity contribution in [3.63, 3.8) is 0 Å². The summed E-state index contributed by atoms with van der Waals surface area (Å²) in [5.74, 6) is 0.767. The maximum absolute atomic E-state index is 10.9. The minimum absolute atomic E-state index is 0.0643. The Morgan fingerprint density at radius 1 is 0.900 bits per heavy atom. The minimum Gasteiger partial charge on any atom is -0.488 e. The van der Waals surface area contributed by atoms with Gasteiger partial charge in [-0.15, -0.1) is 0 Å². The van der Waals surface area contributed by atoms with Crippen LogP contribution in [0.2, 0.25) is 5.02 Å². The van der Waals surface area contributed by atoms with E-state index in [-0.39, 0.29) is 5.69 Å². The quantitative estimate of drug-likeness (QED) is 0.271. The monoisotopic (exact) mass is 418 g/mol. The molecule has 0 amide bonds. The van der Waals surface area contributed by atoms with Gasteiger partial charge in [0.05, 0.1) is 4.92 Å². The van der Waals surface area contributed by atoms with E-state index in [2.05, 4.69) is 17.4 Å². The summed E-state index contributed by atoms with van der Waals surface area (Å²) in [5.41, 5.74) is 2.79. The number of hydrogen-bond acceptors (Lipinski definition) is 4. The first-order valence-electron chi connectivity index (χ1n) is 9.47. The number of nitro groups is 1. The molecule has 30 heavy (non-hydrogen) atoms. The fourth-order valence-electron chi connectivity index (χ4n) is 3.30. The number of fused-ring (bicyclic) bond motifs is 1. The number of ether oxygens (including phenoxy) is 1. The van der Waals surface area contributed by atoms with Gasteiger partial charge in [-0.05, 0) is 35.0 Å². The van der Waals surface area contributed by atoms with Gasteiger partial charge in [-0.25, -0.2) is 0 Å². The number of halogens is 1. The Morgan fingerprint density at radius 2 is 1.63 bits per heavy atom. The number of rotatable bonds is 7. The molecule has 1 N–H and O–H groups in total. The second-order valence-electron chi connectivity index (χ2n) is 6.80. The third-order valence-electron chi connectivity index (χ3n) is 4.89. The van der Waals surface area contributed by atoms with Crippen molar-refractivity contribution in [1.82, 2.24) is 0 Å². The minimum atomic E-state index is -0.408. The Labute approximate surface area is 179 Å². The van der Waals surface area contributed by atoms with Gasteiger partial charge in [0.1, 0.15) is 12.4 Å². The van der Waals surface area contributed by atoms with Crippen LogP contribution in [0, 0.1) is 10.1 Å². The van der Waals surface area contributed by atoms with E-state index in [1.54, 1.807) is 12.1 Å². The van der Waals surface area contributed by atoms with E-state index in [4.69, 9.17) is 16.3 Å². The molecule has 0 saturated carbocycles. The highest BCUT2D eigenvalue weighted by atomic mass is 35.5. The number of nitrogens with zero attached hydrogens (tertiary/aromatic N) is 1. The predicted molar refractivity (Wildman–Crippen MR) is 120 cm³/mol. The zero-order valence-corrected chi connectivity index (χ0v) is 16.8. The number of nitro benzene ring substituents is 1. The van der Waals surface area contributed by atoms with Gasteiger partial charge >= 0.3 is 0 Å². The van der Waals surface area contributed by atoms with Crippen molar-refractivity contribution in [3.05, 3.63) is 111 Å². The molecule has 0 heterocycles. The molecule has 0 aliphatic heterocycles. The van der Waals surface area contributed by atoms with Gasteiger partial charge in [0.2, 0.25) is 0 Å². The molecule has 0 saturated heterocycles. The van der Waals surface area contributed by atoms with Crippen LogP contribution < -0.4 is 10.1 Å². The number of non-ortho nitro benzene ring substituents is 1. The van der Waals surface area contributed by atoms with Crippen molar-refractivity contribution in [2.75, 3.05) is 5.32 Å². The smallest absolute Gasteiger partial charge is 0.269 e. The van der Waals surface area contributed by atoms with Gasteiger partial charge < -0.3 is 10.1 Å². The summed E-state index contributed by atoms with van der Waals surface area (Å²) in [7, 11) is 0. The van der Waals surface area contributed by atoms with E-state index in [1.165, 1.54) is 12.1 Å². The molecule has 4 aromatic carbocycles. The molecule has 0 unspecified atom stereocenters. The molecular weight excluding hydrogens is 400 g/mol. The summed E-state index contributed by atoms with van der Waals surface area (Å²) in [6.07, 6.45) is 0. The van der Waals surface area contributed by atoms with Gasteiger partial charge in [-0.2, -0.15) is 0 Å². The summed E-state index contributed by atoms with van der Waals surface area (Å²) in [4.78, 5) is 10.4. The summed E-state index contributed by atoms with van der Waals surface area (Å²) < 4.78 is 6.14. The number of benzene rings is 4. The van der Waals surface area contributed by atoms with Gasteiger partial charge in [0.15, 0.2) is 0 Å². The van der Waals surface area contributed by atoms with Crippen LogP contribution in [0.4, 0.5) is 11.4 Å². The van der Waals surface area contributed by atoms with Crippen molar-refractivity contribution in [2.45, 2.75) is 13.2 Å². The van der Waals surface area contributed by atoms with E-state index in [0.29, 0.717) is 18.2 Å². The third-order valence-corrected chi connectivity index (χ3v) is 5.25. The maximum Gasteiger partial charge on any atom is 0.269 e. The van der Waals surface area contributed by atoms with Gasteiger partial charge in [-0.1, -0.05) is 60.1 Å². The van der Waals surface area contributed by atoms with Crippen molar-refractivity contribution in [1.29, 1.82) is 0 Å². The topological polar surface area (TPSA) is 64.4 Å². The first kappa shape index (κ1) is 19.7. The van der Waals surface area contributed by atoms with Crippen LogP contribution in [0.1, 0.15) is 11.1 Å². The molecule has 0 aromatic heterocycles. The predicted octanol–water partition coefficient (Wildman–Crippen LogP) is 6.59. The van der Waals surface area contributed by atoms with Crippen molar-refractivity contribution >= 4 is 33.7 Å². The Morgan fingerprint density at radius 3 is 2.40 bits per heavy atom. The molecule has 0 aliphatic rings. The molecule has 0 spiro atoms. The first-order valence-corrected chi connectivity index (χ1v) is 9.85. The molecule has 0 aliphatic carbocycles. The van der Waals surface area contributed by atoms with E-state index in [1.807, 2.05) is 48.5 Å². The number of nitrogens with one attached hydrogen (secondary N) is 1. The normalized spacial score (nSPS) is 10.7. The molecule has 0 radical (unpaired) electrons. The molecule has 150 valence electrons. The van der Waals surface area contributed by atoms with Crippen LogP contribution in [0.3, 0.4) is 0 Å². The van der Waals surface area contributed by atoms with Crippen molar-refractivity contribution in [3.8, 4) is 5.75 Å². The zero-order chi connectivity index (χ0) is 20.9. The van der Waals surface area contributed by atoms with E-state index in [0.717, 1.165) is 33.3 Å². The average molecular weight is 419 g/mol. The molecule has 6 heteroatoms. The van der Waals surface area contributed by atoms with Crippen LogP contribution in [-0.4, -0.2) is 4.92 Å². The summed E-state index contributed by atoms with van der Waals surface area (Å²) in [5, 5.41) is 17.1. The summed E-state index contributed by atoms with van der Waals surface area (Å²) in [6, 6.07) is 26.1. The lowest BCUT2D eigenvalue weighted by Gasteiger charge is -2.16. The standard InChI is InChI=1S/C24H19ClN2O3/c25-23-8-4-2-6-18(23)16-30-24-14-9-17-5-1-3-7-21(17)22(24)15-26-19-10-12-20(13-11-19)27(28)29/h1-14,26H,15-16H2. The van der Waals surface area contributed by atoms with E-state index in [9.17, 15) is 10.1 Å². The van der Waals surface area contributed by atoms with E-state index >= 15 is 0 Å². The Kier molecular flexibility index (Phi) is 5.82. The van der Waals surface area contributed by atoms with Crippen LogP contribution >= 0.6 is 11.6 Å². The highest BCUT2D eigenvalue weighted by molar-refractivity contribution is 6.31. The molecular formula is C24H19ClN2O3. The summed E-state index contributed by atoms with van der Waals surface area (Å²) >= 11 is 6.26.